The second kappa shape index (κ2) is 6.23. The van der Waals surface area contributed by atoms with E-state index in [-0.39, 0.29) is 12.4 Å². The molecular weight excluding hydrogens is 251 g/mol. The standard InChI is InChI=1S/C17H25FN2/c18-17-14(11-19)7-3-8-15(17)12-20-10-4-9-16(20)13-5-1-2-6-13/h3,7-8,13,16H,1-2,4-6,9-12,19H2. The van der Waals surface area contributed by atoms with Crippen molar-refractivity contribution in [1.29, 1.82) is 0 Å². The quantitative estimate of drug-likeness (QED) is 0.912. The Morgan fingerprint density at radius 3 is 2.60 bits per heavy atom. The van der Waals surface area contributed by atoms with Crippen LogP contribution in [0.15, 0.2) is 18.2 Å². The Labute approximate surface area is 121 Å². The molecule has 3 rings (SSSR count). The molecule has 1 atom stereocenters. The topological polar surface area (TPSA) is 29.3 Å². The van der Waals surface area contributed by atoms with Gasteiger partial charge in [-0.1, -0.05) is 31.0 Å². The van der Waals surface area contributed by atoms with Gasteiger partial charge in [-0.15, -0.1) is 0 Å². The molecule has 20 heavy (non-hydrogen) atoms. The summed E-state index contributed by atoms with van der Waals surface area (Å²) in [7, 11) is 0. The second-order valence-electron chi connectivity index (χ2n) is 6.32. The van der Waals surface area contributed by atoms with Gasteiger partial charge in [0.2, 0.25) is 0 Å². The highest BCUT2D eigenvalue weighted by Gasteiger charge is 2.33. The van der Waals surface area contributed by atoms with Crippen molar-refractivity contribution in [2.75, 3.05) is 6.54 Å². The Morgan fingerprint density at radius 1 is 1.10 bits per heavy atom. The van der Waals surface area contributed by atoms with Crippen molar-refractivity contribution < 1.29 is 4.39 Å². The van der Waals surface area contributed by atoms with Gasteiger partial charge in [-0.3, -0.25) is 4.90 Å². The van der Waals surface area contributed by atoms with E-state index in [0.29, 0.717) is 11.6 Å². The van der Waals surface area contributed by atoms with Crippen LogP contribution < -0.4 is 5.73 Å². The molecule has 1 aromatic carbocycles. The van der Waals surface area contributed by atoms with Crippen LogP contribution in [0.25, 0.3) is 0 Å². The summed E-state index contributed by atoms with van der Waals surface area (Å²) in [5, 5.41) is 0. The maximum Gasteiger partial charge on any atom is 0.132 e. The molecule has 3 heteroatoms. The van der Waals surface area contributed by atoms with Crippen LogP contribution in [-0.4, -0.2) is 17.5 Å². The number of hydrogen-bond donors (Lipinski definition) is 1. The second-order valence-corrected chi connectivity index (χ2v) is 6.32. The lowest BCUT2D eigenvalue weighted by Gasteiger charge is -2.29. The number of likely N-dealkylation sites (tertiary alicyclic amines) is 1. The lowest BCUT2D eigenvalue weighted by atomic mass is 9.95. The Kier molecular flexibility index (Phi) is 4.37. The highest BCUT2D eigenvalue weighted by Crippen LogP contribution is 2.36. The molecule has 1 saturated carbocycles. The fourth-order valence-electron chi connectivity index (χ4n) is 4.06. The summed E-state index contributed by atoms with van der Waals surface area (Å²) in [6.07, 6.45) is 8.05. The smallest absolute Gasteiger partial charge is 0.132 e. The third-order valence-electron chi connectivity index (χ3n) is 5.11. The van der Waals surface area contributed by atoms with Crippen LogP contribution in [0.5, 0.6) is 0 Å². The van der Waals surface area contributed by atoms with E-state index in [1.54, 1.807) is 6.07 Å². The zero-order valence-corrected chi connectivity index (χ0v) is 12.2. The van der Waals surface area contributed by atoms with Crippen molar-refractivity contribution in [2.24, 2.45) is 11.7 Å². The zero-order valence-electron chi connectivity index (χ0n) is 12.2. The van der Waals surface area contributed by atoms with E-state index in [9.17, 15) is 4.39 Å². The first-order chi connectivity index (χ1) is 9.79. The molecule has 0 amide bonds. The van der Waals surface area contributed by atoms with Crippen molar-refractivity contribution in [2.45, 2.75) is 57.7 Å². The van der Waals surface area contributed by atoms with Crippen molar-refractivity contribution in [3.63, 3.8) is 0 Å². The van der Waals surface area contributed by atoms with Gasteiger partial charge in [0.05, 0.1) is 0 Å². The number of nitrogens with two attached hydrogens (primary N) is 1. The number of hydrogen-bond acceptors (Lipinski definition) is 2. The molecule has 2 N–H and O–H groups in total. The summed E-state index contributed by atoms with van der Waals surface area (Å²) in [6, 6.07) is 6.32. The largest absolute Gasteiger partial charge is 0.326 e. The van der Waals surface area contributed by atoms with Crippen molar-refractivity contribution in [1.82, 2.24) is 4.90 Å². The maximum absolute atomic E-state index is 14.3. The number of rotatable bonds is 4. The molecule has 1 aromatic rings. The lowest BCUT2D eigenvalue weighted by molar-refractivity contribution is 0.181. The monoisotopic (exact) mass is 276 g/mol. The Balaban J connectivity index is 1.73. The molecule has 110 valence electrons. The van der Waals surface area contributed by atoms with Gasteiger partial charge in [0.25, 0.3) is 0 Å². The highest BCUT2D eigenvalue weighted by molar-refractivity contribution is 5.26. The Bertz CT molecular complexity index is 454. The van der Waals surface area contributed by atoms with Crippen molar-refractivity contribution >= 4 is 0 Å². The molecule has 1 unspecified atom stereocenters. The van der Waals surface area contributed by atoms with Gasteiger partial charge in [0.1, 0.15) is 5.82 Å². The predicted octanol–water partition coefficient (Wildman–Crippen LogP) is 3.44. The molecule has 1 heterocycles. The minimum Gasteiger partial charge on any atom is -0.326 e. The van der Waals surface area contributed by atoms with Gasteiger partial charge in [0.15, 0.2) is 0 Å². The highest BCUT2D eigenvalue weighted by atomic mass is 19.1. The lowest BCUT2D eigenvalue weighted by Crippen LogP contribution is -2.34. The van der Waals surface area contributed by atoms with E-state index in [1.165, 1.54) is 38.5 Å². The van der Waals surface area contributed by atoms with Crippen LogP contribution in [0, 0.1) is 11.7 Å². The van der Waals surface area contributed by atoms with E-state index < -0.39 is 0 Å². The fourth-order valence-corrected chi connectivity index (χ4v) is 4.06. The van der Waals surface area contributed by atoms with Crippen LogP contribution in [-0.2, 0) is 13.1 Å². The molecule has 1 saturated heterocycles. The maximum atomic E-state index is 14.3. The van der Waals surface area contributed by atoms with E-state index in [4.69, 9.17) is 5.73 Å². The summed E-state index contributed by atoms with van der Waals surface area (Å²) < 4.78 is 14.3. The molecule has 2 nitrogen and oxygen atoms in total. The number of nitrogens with zero attached hydrogens (tertiary/aromatic N) is 1. The van der Waals surface area contributed by atoms with E-state index in [1.807, 2.05) is 12.1 Å². The van der Waals surface area contributed by atoms with Crippen molar-refractivity contribution in [3.8, 4) is 0 Å². The number of benzene rings is 1. The summed E-state index contributed by atoms with van der Waals surface area (Å²) in [4.78, 5) is 2.51. The third-order valence-corrected chi connectivity index (χ3v) is 5.11. The normalized spacial score (nSPS) is 24.6. The molecule has 1 aliphatic heterocycles. The summed E-state index contributed by atoms with van der Waals surface area (Å²) in [6.45, 7) is 2.15. The van der Waals surface area contributed by atoms with Gasteiger partial charge < -0.3 is 5.73 Å². The van der Waals surface area contributed by atoms with Crippen molar-refractivity contribution in [3.05, 3.63) is 35.1 Å². The van der Waals surface area contributed by atoms with Gasteiger partial charge in [0, 0.05) is 30.3 Å². The summed E-state index contributed by atoms with van der Waals surface area (Å²) in [5.41, 5.74) is 7.06. The van der Waals surface area contributed by atoms with Gasteiger partial charge in [-0.25, -0.2) is 4.39 Å². The molecule has 0 aromatic heterocycles. The minimum absolute atomic E-state index is 0.0907. The van der Waals surface area contributed by atoms with Gasteiger partial charge in [-0.05, 0) is 38.1 Å². The zero-order chi connectivity index (χ0) is 13.9. The molecule has 1 aliphatic carbocycles. The molecule has 2 fully saturated rings. The summed E-state index contributed by atoms with van der Waals surface area (Å²) >= 11 is 0. The van der Waals surface area contributed by atoms with Crippen LogP contribution in [0.2, 0.25) is 0 Å². The van der Waals surface area contributed by atoms with E-state index >= 15 is 0 Å². The first-order valence-electron chi connectivity index (χ1n) is 8.00. The van der Waals surface area contributed by atoms with E-state index in [0.717, 1.165) is 24.6 Å². The van der Waals surface area contributed by atoms with Crippen LogP contribution >= 0.6 is 0 Å². The number of halogens is 1. The van der Waals surface area contributed by atoms with Crippen LogP contribution in [0.3, 0.4) is 0 Å². The molecule has 0 spiro atoms. The molecule has 2 aliphatic rings. The molecule has 0 bridgehead atoms. The summed E-state index contributed by atoms with van der Waals surface area (Å²) in [5.74, 6) is 0.755. The SMILES string of the molecule is NCc1cccc(CN2CCCC2C2CCCC2)c1F. The molecule has 0 radical (unpaired) electrons. The van der Waals surface area contributed by atoms with Gasteiger partial charge in [-0.2, -0.15) is 0 Å². The first-order valence-corrected chi connectivity index (χ1v) is 8.00. The average Bonchev–Trinajstić information content (AvgIpc) is 3.11. The van der Waals surface area contributed by atoms with Gasteiger partial charge >= 0.3 is 0 Å². The fraction of sp³-hybridized carbons (Fsp3) is 0.647. The van der Waals surface area contributed by atoms with Crippen LogP contribution in [0.1, 0.15) is 49.7 Å². The molecular formula is C17H25FN2. The minimum atomic E-state index is -0.0907. The Hall–Kier alpha value is -0.930. The first kappa shape index (κ1) is 14.0. The Morgan fingerprint density at radius 2 is 1.85 bits per heavy atom. The predicted molar refractivity (Wildman–Crippen MR) is 79.7 cm³/mol. The van der Waals surface area contributed by atoms with Crippen LogP contribution in [0.4, 0.5) is 4.39 Å². The average molecular weight is 276 g/mol. The third kappa shape index (κ3) is 2.75. The van der Waals surface area contributed by atoms with E-state index in [2.05, 4.69) is 4.90 Å².